The van der Waals surface area contributed by atoms with Gasteiger partial charge < -0.3 is 10.0 Å². The smallest absolute Gasteiger partial charge is 0.308 e. The van der Waals surface area contributed by atoms with Crippen molar-refractivity contribution in [2.75, 3.05) is 13.1 Å². The van der Waals surface area contributed by atoms with Crippen LogP contribution in [0.2, 0.25) is 0 Å². The van der Waals surface area contributed by atoms with Crippen molar-refractivity contribution in [3.8, 4) is 0 Å². The van der Waals surface area contributed by atoms with E-state index < -0.39 is 11.9 Å². The predicted octanol–water partition coefficient (Wildman–Crippen LogP) is 1.27. The molecule has 2 aromatic heterocycles. The largest absolute Gasteiger partial charge is 0.481 e. The van der Waals surface area contributed by atoms with Crippen LogP contribution in [0.25, 0.3) is 5.52 Å². The van der Waals surface area contributed by atoms with Gasteiger partial charge in [0, 0.05) is 19.3 Å². The number of carboxylic acid groups (broad SMARTS) is 1. The number of carboxylic acids is 1. The molecule has 2 aromatic rings. The first-order valence-electron chi connectivity index (χ1n) is 6.61. The predicted molar refractivity (Wildman–Crippen MR) is 71.5 cm³/mol. The van der Waals surface area contributed by atoms with Crippen LogP contribution in [0.5, 0.6) is 0 Å². The summed E-state index contributed by atoms with van der Waals surface area (Å²) < 4.78 is 1.64. The summed E-state index contributed by atoms with van der Waals surface area (Å²) in [7, 11) is 0. The van der Waals surface area contributed by atoms with Gasteiger partial charge in [-0.1, -0.05) is 6.07 Å². The van der Waals surface area contributed by atoms with Crippen LogP contribution in [0.3, 0.4) is 0 Å². The van der Waals surface area contributed by atoms with E-state index >= 15 is 0 Å². The van der Waals surface area contributed by atoms with E-state index in [0.29, 0.717) is 18.5 Å². The minimum atomic E-state index is -0.831. The molecule has 0 spiro atoms. The maximum absolute atomic E-state index is 12.5. The van der Waals surface area contributed by atoms with Crippen molar-refractivity contribution in [1.82, 2.24) is 14.5 Å². The SMILES string of the molecule is O=C(O)C1CCCN(C(=O)c2cnn3ccccc23)C1. The van der Waals surface area contributed by atoms with Crippen LogP contribution in [-0.4, -0.2) is 44.6 Å². The molecule has 0 aliphatic carbocycles. The molecule has 3 heterocycles. The fraction of sp³-hybridized carbons (Fsp3) is 0.357. The number of amides is 1. The summed E-state index contributed by atoms with van der Waals surface area (Å²) in [5.74, 6) is -1.44. The molecule has 3 rings (SSSR count). The fourth-order valence-corrected chi connectivity index (χ4v) is 2.63. The number of carbonyl (C=O) groups is 2. The summed E-state index contributed by atoms with van der Waals surface area (Å²) >= 11 is 0. The van der Waals surface area contributed by atoms with Crippen LogP contribution in [0.1, 0.15) is 23.2 Å². The molecule has 0 aromatic carbocycles. The lowest BCUT2D eigenvalue weighted by molar-refractivity contribution is -0.143. The van der Waals surface area contributed by atoms with Crippen LogP contribution in [0.15, 0.2) is 30.6 Å². The number of fused-ring (bicyclic) bond motifs is 1. The Morgan fingerprint density at radius 3 is 3.00 bits per heavy atom. The Balaban J connectivity index is 1.87. The van der Waals surface area contributed by atoms with E-state index in [0.717, 1.165) is 11.9 Å². The Kier molecular flexibility index (Phi) is 3.14. The van der Waals surface area contributed by atoms with Gasteiger partial charge in [-0.15, -0.1) is 0 Å². The first kappa shape index (κ1) is 12.7. The van der Waals surface area contributed by atoms with E-state index in [9.17, 15) is 9.59 Å². The molecule has 0 radical (unpaired) electrons. The topological polar surface area (TPSA) is 74.9 Å². The number of hydrogen-bond donors (Lipinski definition) is 1. The van der Waals surface area contributed by atoms with E-state index in [1.807, 2.05) is 18.2 Å². The molecule has 1 aliphatic rings. The lowest BCUT2D eigenvalue weighted by atomic mass is 9.98. The van der Waals surface area contributed by atoms with Gasteiger partial charge in [-0.05, 0) is 25.0 Å². The molecule has 1 unspecified atom stereocenters. The second-order valence-corrected chi connectivity index (χ2v) is 5.02. The zero-order valence-corrected chi connectivity index (χ0v) is 10.9. The van der Waals surface area contributed by atoms with E-state index in [1.165, 1.54) is 0 Å². The minimum absolute atomic E-state index is 0.142. The molecule has 1 fully saturated rings. The molecule has 104 valence electrons. The quantitative estimate of drug-likeness (QED) is 0.894. The zero-order valence-electron chi connectivity index (χ0n) is 10.9. The van der Waals surface area contributed by atoms with Crippen molar-refractivity contribution in [3.05, 3.63) is 36.2 Å². The number of pyridine rings is 1. The molecular formula is C14H15N3O3. The van der Waals surface area contributed by atoms with Gasteiger partial charge in [-0.3, -0.25) is 9.59 Å². The average Bonchev–Trinajstić information content (AvgIpc) is 2.90. The molecule has 6 nitrogen and oxygen atoms in total. The molecular weight excluding hydrogens is 258 g/mol. The van der Waals surface area contributed by atoms with Crippen LogP contribution in [-0.2, 0) is 4.79 Å². The maximum Gasteiger partial charge on any atom is 0.308 e. The van der Waals surface area contributed by atoms with E-state index in [4.69, 9.17) is 5.11 Å². The molecule has 1 N–H and O–H groups in total. The number of hydrogen-bond acceptors (Lipinski definition) is 3. The Bertz CT molecular complexity index is 664. The number of rotatable bonds is 2. The number of aromatic nitrogens is 2. The van der Waals surface area contributed by atoms with Gasteiger partial charge in [0.1, 0.15) is 0 Å². The normalized spacial score (nSPS) is 19.2. The monoisotopic (exact) mass is 273 g/mol. The molecule has 0 bridgehead atoms. The Morgan fingerprint density at radius 2 is 2.20 bits per heavy atom. The van der Waals surface area contributed by atoms with E-state index in [-0.39, 0.29) is 12.5 Å². The van der Waals surface area contributed by atoms with E-state index in [1.54, 1.807) is 21.8 Å². The van der Waals surface area contributed by atoms with Crippen LogP contribution >= 0.6 is 0 Å². The van der Waals surface area contributed by atoms with Gasteiger partial charge in [-0.2, -0.15) is 5.10 Å². The van der Waals surface area contributed by atoms with Gasteiger partial charge in [0.25, 0.3) is 5.91 Å². The van der Waals surface area contributed by atoms with Crippen LogP contribution in [0, 0.1) is 5.92 Å². The van der Waals surface area contributed by atoms with Crippen molar-refractivity contribution < 1.29 is 14.7 Å². The zero-order chi connectivity index (χ0) is 14.1. The number of aliphatic carboxylic acids is 1. The van der Waals surface area contributed by atoms with Crippen LogP contribution < -0.4 is 0 Å². The molecule has 1 aliphatic heterocycles. The van der Waals surface area contributed by atoms with Gasteiger partial charge >= 0.3 is 5.97 Å². The number of nitrogens with zero attached hydrogens (tertiary/aromatic N) is 3. The van der Waals surface area contributed by atoms with Gasteiger partial charge in [0.15, 0.2) is 0 Å². The van der Waals surface area contributed by atoms with Crippen molar-refractivity contribution >= 4 is 17.4 Å². The molecule has 6 heteroatoms. The highest BCUT2D eigenvalue weighted by atomic mass is 16.4. The van der Waals surface area contributed by atoms with Gasteiger partial charge in [-0.25, -0.2) is 4.52 Å². The first-order valence-corrected chi connectivity index (χ1v) is 6.61. The highest BCUT2D eigenvalue weighted by molar-refractivity contribution is 6.00. The second kappa shape index (κ2) is 4.96. The fourth-order valence-electron chi connectivity index (χ4n) is 2.63. The highest BCUT2D eigenvalue weighted by Crippen LogP contribution is 2.20. The summed E-state index contributed by atoms with van der Waals surface area (Å²) in [5, 5.41) is 13.2. The summed E-state index contributed by atoms with van der Waals surface area (Å²) in [6, 6.07) is 5.53. The average molecular weight is 273 g/mol. The minimum Gasteiger partial charge on any atom is -0.481 e. The third kappa shape index (κ3) is 2.13. The van der Waals surface area contributed by atoms with Crippen molar-refractivity contribution in [2.24, 2.45) is 5.92 Å². The lowest BCUT2D eigenvalue weighted by Gasteiger charge is -2.30. The van der Waals surface area contributed by atoms with Crippen molar-refractivity contribution in [2.45, 2.75) is 12.8 Å². The Hall–Kier alpha value is -2.37. The molecule has 20 heavy (non-hydrogen) atoms. The summed E-state index contributed by atoms with van der Waals surface area (Å²) in [6.07, 6.45) is 4.68. The number of piperidine rings is 1. The third-order valence-corrected chi connectivity index (χ3v) is 3.71. The second-order valence-electron chi connectivity index (χ2n) is 5.02. The molecule has 1 atom stereocenters. The summed E-state index contributed by atoms with van der Waals surface area (Å²) in [6.45, 7) is 0.880. The summed E-state index contributed by atoms with van der Waals surface area (Å²) in [4.78, 5) is 25.2. The first-order chi connectivity index (χ1) is 9.66. The van der Waals surface area contributed by atoms with Crippen LogP contribution in [0.4, 0.5) is 0 Å². The molecule has 1 amide bonds. The highest BCUT2D eigenvalue weighted by Gasteiger charge is 2.29. The number of carbonyl (C=O) groups excluding carboxylic acids is 1. The Morgan fingerprint density at radius 1 is 1.35 bits per heavy atom. The Labute approximate surface area is 115 Å². The van der Waals surface area contributed by atoms with Crippen molar-refractivity contribution in [1.29, 1.82) is 0 Å². The van der Waals surface area contributed by atoms with E-state index in [2.05, 4.69) is 5.10 Å². The van der Waals surface area contributed by atoms with Gasteiger partial charge in [0.05, 0.1) is 23.2 Å². The number of likely N-dealkylation sites (tertiary alicyclic amines) is 1. The lowest BCUT2D eigenvalue weighted by Crippen LogP contribution is -2.42. The van der Waals surface area contributed by atoms with Crippen molar-refractivity contribution in [3.63, 3.8) is 0 Å². The third-order valence-electron chi connectivity index (χ3n) is 3.71. The summed E-state index contributed by atoms with van der Waals surface area (Å²) in [5.41, 5.74) is 1.27. The van der Waals surface area contributed by atoms with Gasteiger partial charge in [0.2, 0.25) is 0 Å². The standard InChI is InChI=1S/C14H15N3O3/c18-13(16-6-3-4-10(9-16)14(19)20)11-8-15-17-7-2-1-5-12(11)17/h1-2,5,7-8,10H,3-4,6,9H2,(H,19,20). The molecule has 1 saturated heterocycles. The molecule has 0 saturated carbocycles. The maximum atomic E-state index is 12.5.